The van der Waals surface area contributed by atoms with E-state index in [-0.39, 0.29) is 6.10 Å². The van der Waals surface area contributed by atoms with Crippen molar-refractivity contribution in [2.24, 2.45) is 0 Å². The molecule has 0 bridgehead atoms. The minimum atomic E-state index is -0.155. The summed E-state index contributed by atoms with van der Waals surface area (Å²) < 4.78 is 8.32. The number of fused-ring (bicyclic) bond motifs is 3. The smallest absolute Gasteiger partial charge is 0.153 e. The highest BCUT2D eigenvalue weighted by atomic mass is 16.5. The van der Waals surface area contributed by atoms with E-state index in [9.17, 15) is 0 Å². The average Bonchev–Trinajstić information content (AvgIpc) is 3.14. The van der Waals surface area contributed by atoms with E-state index in [4.69, 9.17) is 9.84 Å². The molecule has 3 nitrogen and oxygen atoms in total. The maximum absolute atomic E-state index is 6.38. The Morgan fingerprint density at radius 3 is 2.38 bits per heavy atom. The van der Waals surface area contributed by atoms with Gasteiger partial charge in [-0.25, -0.2) is 4.68 Å². The molecule has 0 N–H and O–H groups in total. The minimum Gasteiger partial charge on any atom is -0.480 e. The van der Waals surface area contributed by atoms with E-state index in [2.05, 4.69) is 55.6 Å². The normalized spacial score (nSPS) is 15.0. The molecule has 1 aliphatic heterocycles. The molecule has 0 spiro atoms. The van der Waals surface area contributed by atoms with Crippen molar-refractivity contribution in [3.8, 4) is 22.7 Å². The molecule has 0 radical (unpaired) electrons. The Morgan fingerprint density at radius 1 is 0.846 bits per heavy atom. The Hall–Kier alpha value is -3.33. The van der Waals surface area contributed by atoms with Crippen molar-refractivity contribution in [1.29, 1.82) is 0 Å². The summed E-state index contributed by atoms with van der Waals surface area (Å²) in [6.45, 7) is 2.10. The number of nitrogens with zero attached hydrogens (tertiary/aromatic N) is 2. The zero-order valence-electron chi connectivity index (χ0n) is 14.5. The van der Waals surface area contributed by atoms with Crippen molar-refractivity contribution < 1.29 is 4.74 Å². The summed E-state index contributed by atoms with van der Waals surface area (Å²) in [5, 5.41) is 4.89. The quantitative estimate of drug-likeness (QED) is 0.494. The van der Waals surface area contributed by atoms with E-state index in [1.54, 1.807) is 0 Å². The fraction of sp³-hybridized carbons (Fsp3) is 0.0870. The second kappa shape index (κ2) is 5.88. The molecule has 0 aliphatic carbocycles. The molecular weight excluding hydrogens is 320 g/mol. The predicted molar refractivity (Wildman–Crippen MR) is 103 cm³/mol. The second-order valence-electron chi connectivity index (χ2n) is 6.62. The third-order valence-electron chi connectivity index (χ3n) is 4.81. The van der Waals surface area contributed by atoms with Gasteiger partial charge in [-0.15, -0.1) is 0 Å². The number of hydrogen-bond donors (Lipinski definition) is 0. The highest BCUT2D eigenvalue weighted by Crippen LogP contribution is 2.44. The second-order valence-corrected chi connectivity index (χ2v) is 6.62. The molecule has 4 aromatic rings. The van der Waals surface area contributed by atoms with Crippen LogP contribution in [0.1, 0.15) is 22.8 Å². The fourth-order valence-electron chi connectivity index (χ4n) is 3.45. The first-order valence-corrected chi connectivity index (χ1v) is 8.77. The lowest BCUT2D eigenvalue weighted by molar-refractivity contribution is 0.243. The van der Waals surface area contributed by atoms with Gasteiger partial charge in [0.2, 0.25) is 0 Å². The SMILES string of the molecule is Cc1ccc(C2Oc3ccccc3-c3nn(-c4ccccc4)cc32)cc1. The zero-order valence-corrected chi connectivity index (χ0v) is 14.5. The van der Waals surface area contributed by atoms with Gasteiger partial charge in [0, 0.05) is 17.3 Å². The largest absolute Gasteiger partial charge is 0.480 e. The number of ether oxygens (including phenoxy) is 1. The molecule has 3 heteroatoms. The third-order valence-corrected chi connectivity index (χ3v) is 4.81. The maximum atomic E-state index is 6.38. The van der Waals surface area contributed by atoms with Crippen LogP contribution in [0.2, 0.25) is 0 Å². The van der Waals surface area contributed by atoms with Crippen molar-refractivity contribution in [1.82, 2.24) is 9.78 Å². The zero-order chi connectivity index (χ0) is 17.5. The molecular formula is C23H18N2O. The lowest BCUT2D eigenvalue weighted by atomic mass is 9.95. The molecule has 1 aliphatic rings. The van der Waals surface area contributed by atoms with Crippen molar-refractivity contribution in [3.05, 3.63) is 102 Å². The molecule has 0 amide bonds. The molecule has 126 valence electrons. The van der Waals surface area contributed by atoms with Gasteiger partial charge < -0.3 is 4.74 Å². The number of hydrogen-bond acceptors (Lipinski definition) is 2. The van der Waals surface area contributed by atoms with Gasteiger partial charge in [-0.1, -0.05) is 60.2 Å². The van der Waals surface area contributed by atoms with Gasteiger partial charge >= 0.3 is 0 Å². The van der Waals surface area contributed by atoms with Crippen LogP contribution in [-0.4, -0.2) is 9.78 Å². The summed E-state index contributed by atoms with van der Waals surface area (Å²) in [6, 6.07) is 26.8. The van der Waals surface area contributed by atoms with Gasteiger partial charge in [0.1, 0.15) is 11.4 Å². The first kappa shape index (κ1) is 15.0. The Morgan fingerprint density at radius 2 is 1.58 bits per heavy atom. The molecule has 5 rings (SSSR count). The van der Waals surface area contributed by atoms with Crippen LogP contribution in [0.4, 0.5) is 0 Å². The maximum Gasteiger partial charge on any atom is 0.153 e. The Balaban J connectivity index is 1.70. The summed E-state index contributed by atoms with van der Waals surface area (Å²) in [6.07, 6.45) is 1.93. The number of benzene rings is 3. The Kier molecular flexibility index (Phi) is 3.39. The van der Waals surface area contributed by atoms with Crippen LogP contribution in [0.5, 0.6) is 5.75 Å². The third kappa shape index (κ3) is 2.40. The monoisotopic (exact) mass is 338 g/mol. The topological polar surface area (TPSA) is 27.1 Å². The molecule has 1 unspecified atom stereocenters. The summed E-state index contributed by atoms with van der Waals surface area (Å²) >= 11 is 0. The number of aryl methyl sites for hydroxylation is 1. The Labute approximate surface area is 152 Å². The van der Waals surface area contributed by atoms with Gasteiger partial charge in [-0.3, -0.25) is 0 Å². The highest BCUT2D eigenvalue weighted by Gasteiger charge is 2.30. The van der Waals surface area contributed by atoms with Crippen molar-refractivity contribution >= 4 is 0 Å². The van der Waals surface area contributed by atoms with E-state index in [1.807, 2.05) is 41.1 Å². The van der Waals surface area contributed by atoms with Gasteiger partial charge in [-0.2, -0.15) is 5.10 Å². The van der Waals surface area contributed by atoms with Crippen LogP contribution in [-0.2, 0) is 0 Å². The van der Waals surface area contributed by atoms with Gasteiger partial charge in [0.05, 0.1) is 5.69 Å². The number of rotatable bonds is 2. The number of aromatic nitrogens is 2. The summed E-state index contributed by atoms with van der Waals surface area (Å²) in [5.41, 5.74) is 6.55. The molecule has 2 heterocycles. The standard InChI is InChI=1S/C23H18N2O/c1-16-11-13-17(14-12-16)23-20-15-25(18-7-3-2-4-8-18)24-22(20)19-9-5-6-10-21(19)26-23/h2-15,23H,1H3. The van der Waals surface area contributed by atoms with Gasteiger partial charge in [-0.05, 0) is 36.8 Å². The first-order valence-electron chi connectivity index (χ1n) is 8.77. The van der Waals surface area contributed by atoms with Crippen LogP contribution in [0.3, 0.4) is 0 Å². The van der Waals surface area contributed by atoms with Gasteiger partial charge in [0.25, 0.3) is 0 Å². The van der Waals surface area contributed by atoms with Gasteiger partial charge in [0.15, 0.2) is 6.10 Å². The van der Waals surface area contributed by atoms with Crippen molar-refractivity contribution in [3.63, 3.8) is 0 Å². The van der Waals surface area contributed by atoms with Crippen LogP contribution in [0, 0.1) is 6.92 Å². The van der Waals surface area contributed by atoms with Crippen molar-refractivity contribution in [2.75, 3.05) is 0 Å². The van der Waals surface area contributed by atoms with E-state index in [0.29, 0.717) is 0 Å². The van der Waals surface area contributed by atoms with E-state index >= 15 is 0 Å². The van der Waals surface area contributed by atoms with Crippen LogP contribution in [0.25, 0.3) is 16.9 Å². The molecule has 3 aromatic carbocycles. The molecule has 0 fully saturated rings. The summed E-state index contributed by atoms with van der Waals surface area (Å²) in [5.74, 6) is 0.879. The molecule has 1 aromatic heterocycles. The Bertz CT molecular complexity index is 1070. The minimum absolute atomic E-state index is 0.155. The lowest BCUT2D eigenvalue weighted by Gasteiger charge is -2.25. The van der Waals surface area contributed by atoms with E-state index < -0.39 is 0 Å². The average molecular weight is 338 g/mol. The predicted octanol–water partition coefficient (Wildman–Crippen LogP) is 5.33. The first-order chi connectivity index (χ1) is 12.8. The highest BCUT2D eigenvalue weighted by molar-refractivity contribution is 5.73. The van der Waals surface area contributed by atoms with Crippen LogP contribution < -0.4 is 4.74 Å². The van der Waals surface area contributed by atoms with E-state index in [1.165, 1.54) is 5.56 Å². The summed E-state index contributed by atoms with van der Waals surface area (Å²) in [4.78, 5) is 0. The van der Waals surface area contributed by atoms with Crippen LogP contribution in [0.15, 0.2) is 85.1 Å². The molecule has 0 saturated carbocycles. The molecule has 0 saturated heterocycles. The molecule has 26 heavy (non-hydrogen) atoms. The number of para-hydroxylation sites is 2. The molecule has 1 atom stereocenters. The van der Waals surface area contributed by atoms with Crippen molar-refractivity contribution in [2.45, 2.75) is 13.0 Å². The summed E-state index contributed by atoms with van der Waals surface area (Å²) in [7, 11) is 0. The van der Waals surface area contributed by atoms with Crippen LogP contribution >= 0.6 is 0 Å². The lowest BCUT2D eigenvalue weighted by Crippen LogP contribution is -2.14. The van der Waals surface area contributed by atoms with E-state index in [0.717, 1.165) is 33.8 Å². The fourth-order valence-corrected chi connectivity index (χ4v) is 3.45.